The van der Waals surface area contributed by atoms with E-state index in [1.807, 2.05) is 0 Å². The van der Waals surface area contributed by atoms with Crippen LogP contribution in [0.5, 0.6) is 28.7 Å². The highest BCUT2D eigenvalue weighted by atomic mass is 16.7. The zero-order valence-corrected chi connectivity index (χ0v) is 21.3. The molecule has 0 unspecified atom stereocenters. The molecule has 0 amide bonds. The molecular formula is C26H28O15. The summed E-state index contributed by atoms with van der Waals surface area (Å²) in [4.78, 5) is 12.8. The molecule has 0 bridgehead atoms. The van der Waals surface area contributed by atoms with Crippen molar-refractivity contribution in [3.8, 4) is 40.1 Å². The summed E-state index contributed by atoms with van der Waals surface area (Å²) in [6, 6.07) is 5.87. The number of phenolic OH excluding ortho intramolecular Hbond substituents is 3. The van der Waals surface area contributed by atoms with Gasteiger partial charge in [0.05, 0.1) is 12.7 Å². The molecule has 15 heteroatoms. The molecule has 9 atom stereocenters. The van der Waals surface area contributed by atoms with Crippen LogP contribution in [0.15, 0.2) is 39.5 Å². The summed E-state index contributed by atoms with van der Waals surface area (Å²) in [5.74, 6) is -2.93. The number of hydrogen-bond acceptors (Lipinski definition) is 15. The molecule has 15 nitrogen and oxygen atoms in total. The maximum Gasteiger partial charge on any atom is 0.229 e. The second kappa shape index (κ2) is 11.0. The van der Waals surface area contributed by atoms with Crippen molar-refractivity contribution < 1.29 is 69.3 Å². The highest BCUT2D eigenvalue weighted by molar-refractivity contribution is 5.89. The zero-order valence-electron chi connectivity index (χ0n) is 21.3. The Bertz CT molecular complexity index is 1490. The molecule has 2 aliphatic heterocycles. The third kappa shape index (κ3) is 5.25. The smallest absolute Gasteiger partial charge is 0.229 e. The lowest BCUT2D eigenvalue weighted by Gasteiger charge is -2.38. The van der Waals surface area contributed by atoms with E-state index in [1.165, 1.54) is 25.1 Å². The molecule has 2 saturated heterocycles. The van der Waals surface area contributed by atoms with Gasteiger partial charge in [0.15, 0.2) is 28.4 Å². The SMILES string of the molecule is C[C@@H]1O[C@@H](Oc2ccc(-c3cc(=O)c4c(O)c(O)c(O[C@@H]5OC[C@@H](O)[C@H](O)[C@@H]5O)cc4o3)cc2O)[C@@H](O)[C@H](O)[C@H]1O. The Balaban J connectivity index is 1.44. The fourth-order valence-corrected chi connectivity index (χ4v) is 4.52. The van der Waals surface area contributed by atoms with Crippen molar-refractivity contribution in [3.05, 3.63) is 40.6 Å². The number of ether oxygens (including phenoxy) is 4. The van der Waals surface area contributed by atoms with E-state index in [0.717, 1.165) is 12.1 Å². The van der Waals surface area contributed by atoms with Crippen LogP contribution in [0.3, 0.4) is 0 Å². The molecular weight excluding hydrogens is 552 g/mol. The lowest BCUT2D eigenvalue weighted by Crippen LogP contribution is -2.58. The van der Waals surface area contributed by atoms with Crippen LogP contribution in [0.25, 0.3) is 22.3 Å². The maximum atomic E-state index is 12.8. The number of fused-ring (bicyclic) bond motifs is 1. The van der Waals surface area contributed by atoms with Gasteiger partial charge in [0.25, 0.3) is 0 Å². The minimum absolute atomic E-state index is 0.0889. The van der Waals surface area contributed by atoms with E-state index in [4.69, 9.17) is 23.4 Å². The Kier molecular flexibility index (Phi) is 7.71. The average molecular weight is 580 g/mol. The number of aliphatic hydroxyl groups excluding tert-OH is 6. The van der Waals surface area contributed by atoms with Crippen LogP contribution in [-0.2, 0) is 9.47 Å². The normalized spacial score (nSPS) is 32.1. The Morgan fingerprint density at radius 2 is 1.46 bits per heavy atom. The van der Waals surface area contributed by atoms with Gasteiger partial charge in [0, 0.05) is 17.7 Å². The molecule has 0 radical (unpaired) electrons. The van der Waals surface area contributed by atoms with Crippen molar-refractivity contribution >= 4 is 11.0 Å². The van der Waals surface area contributed by atoms with Crippen molar-refractivity contribution in [1.29, 1.82) is 0 Å². The first-order valence-electron chi connectivity index (χ1n) is 12.4. The van der Waals surface area contributed by atoms with Crippen LogP contribution in [-0.4, -0.2) is 108 Å². The van der Waals surface area contributed by atoms with Crippen molar-refractivity contribution in [2.45, 2.75) is 62.2 Å². The van der Waals surface area contributed by atoms with Gasteiger partial charge < -0.3 is 69.3 Å². The number of phenols is 3. The fourth-order valence-electron chi connectivity index (χ4n) is 4.52. The largest absolute Gasteiger partial charge is 0.504 e. The molecule has 2 aromatic carbocycles. The van der Waals surface area contributed by atoms with Crippen LogP contribution in [0, 0.1) is 0 Å². The molecule has 3 heterocycles. The van der Waals surface area contributed by atoms with Crippen LogP contribution in [0.4, 0.5) is 0 Å². The van der Waals surface area contributed by atoms with Crippen molar-refractivity contribution in [1.82, 2.24) is 0 Å². The van der Waals surface area contributed by atoms with E-state index < -0.39 is 89.1 Å². The van der Waals surface area contributed by atoms with E-state index in [0.29, 0.717) is 0 Å². The van der Waals surface area contributed by atoms with Gasteiger partial charge in [0.2, 0.25) is 18.3 Å². The van der Waals surface area contributed by atoms with Gasteiger partial charge in [-0.05, 0) is 25.1 Å². The monoisotopic (exact) mass is 580 g/mol. The third-order valence-corrected chi connectivity index (χ3v) is 6.92. The first-order valence-corrected chi connectivity index (χ1v) is 12.4. The van der Waals surface area contributed by atoms with E-state index in [9.17, 15) is 50.8 Å². The molecule has 0 saturated carbocycles. The van der Waals surface area contributed by atoms with Gasteiger partial charge in [0.1, 0.15) is 53.4 Å². The first kappa shape index (κ1) is 28.8. The maximum absolute atomic E-state index is 12.8. The molecule has 41 heavy (non-hydrogen) atoms. The standard InChI is InChI=1S/C26H28O15/c1-8-18(30)22(34)24(36)26(38-8)40-13-3-2-9(4-10(13)27)14-5-11(28)17-15(39-14)6-16(20(32)21(17)33)41-25-23(35)19(31)12(29)7-37-25/h2-6,8,12,18-19,22-27,29-36H,7H2,1H3/t8-,12+,18-,19-,22+,23-,24-,25-,26-/m0/s1. The van der Waals surface area contributed by atoms with Crippen molar-refractivity contribution in [3.63, 3.8) is 0 Å². The van der Waals surface area contributed by atoms with Crippen LogP contribution >= 0.6 is 0 Å². The highest BCUT2D eigenvalue weighted by Gasteiger charge is 2.43. The Hall–Kier alpha value is -3.67. The predicted octanol–water partition coefficient (Wildman–Crippen LogP) is -1.40. The summed E-state index contributed by atoms with van der Waals surface area (Å²) in [5, 5.41) is 90.6. The summed E-state index contributed by atoms with van der Waals surface area (Å²) in [7, 11) is 0. The molecule has 1 aromatic heterocycles. The van der Waals surface area contributed by atoms with E-state index in [-0.39, 0.29) is 29.3 Å². The number of aromatic hydroxyl groups is 3. The number of hydrogen-bond donors (Lipinski definition) is 9. The van der Waals surface area contributed by atoms with Gasteiger partial charge in [-0.1, -0.05) is 0 Å². The molecule has 9 N–H and O–H groups in total. The molecule has 2 fully saturated rings. The van der Waals surface area contributed by atoms with Crippen LogP contribution in [0.2, 0.25) is 0 Å². The van der Waals surface area contributed by atoms with Gasteiger partial charge in [-0.3, -0.25) is 4.79 Å². The lowest BCUT2D eigenvalue weighted by atomic mass is 10.00. The van der Waals surface area contributed by atoms with Crippen molar-refractivity contribution in [2.24, 2.45) is 0 Å². The Labute approximate surface area is 230 Å². The summed E-state index contributed by atoms with van der Waals surface area (Å²) >= 11 is 0. The number of aliphatic hydroxyl groups is 6. The topological polar surface area (TPSA) is 249 Å². The predicted molar refractivity (Wildman–Crippen MR) is 134 cm³/mol. The Morgan fingerprint density at radius 3 is 2.17 bits per heavy atom. The molecule has 222 valence electrons. The summed E-state index contributed by atoms with van der Waals surface area (Å²) in [6.45, 7) is 1.08. The molecule has 5 rings (SSSR count). The average Bonchev–Trinajstić information content (AvgIpc) is 2.94. The summed E-state index contributed by atoms with van der Waals surface area (Å²) in [6.07, 6.45) is -13.0. The number of rotatable bonds is 5. The quantitative estimate of drug-likeness (QED) is 0.157. The third-order valence-electron chi connectivity index (χ3n) is 6.92. The van der Waals surface area contributed by atoms with Gasteiger partial charge in [-0.25, -0.2) is 0 Å². The lowest BCUT2D eigenvalue weighted by molar-refractivity contribution is -0.268. The van der Waals surface area contributed by atoms with Crippen molar-refractivity contribution in [2.75, 3.05) is 6.61 Å². The minimum Gasteiger partial charge on any atom is -0.504 e. The van der Waals surface area contributed by atoms with Crippen LogP contribution in [0.1, 0.15) is 6.92 Å². The second-order valence-corrected chi connectivity index (χ2v) is 9.77. The minimum atomic E-state index is -1.71. The highest BCUT2D eigenvalue weighted by Crippen LogP contribution is 2.43. The second-order valence-electron chi connectivity index (χ2n) is 9.77. The van der Waals surface area contributed by atoms with Gasteiger partial charge in [-0.15, -0.1) is 0 Å². The van der Waals surface area contributed by atoms with Crippen LogP contribution < -0.4 is 14.9 Å². The number of benzene rings is 2. The van der Waals surface area contributed by atoms with E-state index >= 15 is 0 Å². The molecule has 3 aromatic rings. The first-order chi connectivity index (χ1) is 19.4. The molecule has 2 aliphatic rings. The van der Waals surface area contributed by atoms with E-state index in [2.05, 4.69) is 0 Å². The summed E-state index contributed by atoms with van der Waals surface area (Å²) < 4.78 is 27.1. The molecule has 0 spiro atoms. The molecule has 0 aliphatic carbocycles. The fraction of sp³-hybridized carbons (Fsp3) is 0.423. The summed E-state index contributed by atoms with van der Waals surface area (Å²) in [5.41, 5.74) is -0.863. The zero-order chi connectivity index (χ0) is 29.7. The van der Waals surface area contributed by atoms with Gasteiger partial charge >= 0.3 is 0 Å². The Morgan fingerprint density at radius 1 is 0.780 bits per heavy atom. The van der Waals surface area contributed by atoms with Gasteiger partial charge in [-0.2, -0.15) is 0 Å². The van der Waals surface area contributed by atoms with E-state index in [1.54, 1.807) is 0 Å².